The van der Waals surface area contributed by atoms with Crippen molar-refractivity contribution in [1.82, 2.24) is 4.90 Å². The second kappa shape index (κ2) is 7.47. The van der Waals surface area contributed by atoms with E-state index in [1.807, 2.05) is 23.1 Å². The molecule has 2 aromatic carbocycles. The fourth-order valence-electron chi connectivity index (χ4n) is 3.36. The van der Waals surface area contributed by atoms with Crippen molar-refractivity contribution < 1.29 is 19.1 Å². The summed E-state index contributed by atoms with van der Waals surface area (Å²) in [5.74, 6) is 0.746. The van der Waals surface area contributed by atoms with Crippen LogP contribution >= 0.6 is 0 Å². The summed E-state index contributed by atoms with van der Waals surface area (Å²) in [6.07, 6.45) is 1.82. The molecule has 26 heavy (non-hydrogen) atoms. The molecule has 6 nitrogen and oxygen atoms in total. The van der Waals surface area contributed by atoms with Crippen LogP contribution in [0.2, 0.25) is 0 Å². The number of carbonyl (C=O) groups is 2. The number of hydrogen-bond donors (Lipinski definition) is 1. The van der Waals surface area contributed by atoms with Gasteiger partial charge in [-0.2, -0.15) is 0 Å². The molecule has 0 aromatic heterocycles. The Labute approximate surface area is 152 Å². The number of ether oxygens (including phenoxy) is 2. The summed E-state index contributed by atoms with van der Waals surface area (Å²) in [6, 6.07) is 12.2. The molecule has 0 radical (unpaired) electrons. The van der Waals surface area contributed by atoms with Crippen LogP contribution in [0.5, 0.6) is 11.5 Å². The van der Waals surface area contributed by atoms with Crippen molar-refractivity contribution in [2.45, 2.75) is 18.9 Å². The Morgan fingerprint density at radius 1 is 1.00 bits per heavy atom. The van der Waals surface area contributed by atoms with E-state index in [0.717, 1.165) is 18.4 Å². The van der Waals surface area contributed by atoms with Gasteiger partial charge in [-0.1, -0.05) is 6.07 Å². The number of nitrogens with two attached hydrogens (primary N) is 1. The number of primary amides is 1. The molecule has 1 atom stereocenters. The average molecular weight is 354 g/mol. The third kappa shape index (κ3) is 3.35. The molecule has 2 N–H and O–H groups in total. The summed E-state index contributed by atoms with van der Waals surface area (Å²) in [6.45, 7) is 0.690. The molecule has 1 fully saturated rings. The van der Waals surface area contributed by atoms with E-state index in [1.54, 1.807) is 38.5 Å². The standard InChI is InChI=1S/C20H22N2O4/c1-25-17-10-9-15(12-18(17)26-2)16-4-3-11-22(16)20(24)14-7-5-13(6-8-14)19(21)23/h5-10,12,16H,3-4,11H2,1-2H3,(H2,21,23). The van der Waals surface area contributed by atoms with Gasteiger partial charge < -0.3 is 20.1 Å². The van der Waals surface area contributed by atoms with Crippen LogP contribution in [0.3, 0.4) is 0 Å². The highest BCUT2D eigenvalue weighted by atomic mass is 16.5. The van der Waals surface area contributed by atoms with Crippen LogP contribution in [-0.2, 0) is 0 Å². The van der Waals surface area contributed by atoms with E-state index in [9.17, 15) is 9.59 Å². The molecule has 0 bridgehead atoms. The van der Waals surface area contributed by atoms with Crippen LogP contribution in [0.4, 0.5) is 0 Å². The number of amides is 2. The van der Waals surface area contributed by atoms with Gasteiger partial charge in [0, 0.05) is 17.7 Å². The third-order valence-electron chi connectivity index (χ3n) is 4.72. The lowest BCUT2D eigenvalue weighted by Gasteiger charge is -2.26. The summed E-state index contributed by atoms with van der Waals surface area (Å²) >= 11 is 0. The largest absolute Gasteiger partial charge is 0.493 e. The predicted octanol–water partition coefficient (Wildman–Crippen LogP) is 2.78. The van der Waals surface area contributed by atoms with Gasteiger partial charge in [-0.15, -0.1) is 0 Å². The zero-order chi connectivity index (χ0) is 18.7. The van der Waals surface area contributed by atoms with E-state index in [2.05, 4.69) is 0 Å². The van der Waals surface area contributed by atoms with Crippen molar-refractivity contribution in [3.63, 3.8) is 0 Å². The van der Waals surface area contributed by atoms with Crippen molar-refractivity contribution >= 4 is 11.8 Å². The van der Waals surface area contributed by atoms with E-state index >= 15 is 0 Å². The molecule has 0 aliphatic carbocycles. The number of carbonyl (C=O) groups excluding carboxylic acids is 2. The highest BCUT2D eigenvalue weighted by molar-refractivity contribution is 5.97. The van der Waals surface area contributed by atoms with Gasteiger partial charge >= 0.3 is 0 Å². The molecule has 3 rings (SSSR count). The minimum Gasteiger partial charge on any atom is -0.493 e. The van der Waals surface area contributed by atoms with Crippen LogP contribution < -0.4 is 15.2 Å². The molecule has 0 spiro atoms. The molecule has 6 heteroatoms. The molecular formula is C20H22N2O4. The van der Waals surface area contributed by atoms with Crippen LogP contribution in [0.1, 0.15) is 45.2 Å². The number of benzene rings is 2. The van der Waals surface area contributed by atoms with Crippen molar-refractivity contribution in [2.75, 3.05) is 20.8 Å². The maximum absolute atomic E-state index is 12.9. The van der Waals surface area contributed by atoms with Crippen molar-refractivity contribution in [1.29, 1.82) is 0 Å². The van der Waals surface area contributed by atoms with Gasteiger partial charge in [0.2, 0.25) is 5.91 Å². The van der Waals surface area contributed by atoms with Crippen LogP contribution in [0, 0.1) is 0 Å². The first-order valence-electron chi connectivity index (χ1n) is 8.48. The molecule has 1 saturated heterocycles. The number of nitrogens with zero attached hydrogens (tertiary/aromatic N) is 1. The van der Waals surface area contributed by atoms with Crippen LogP contribution in [-0.4, -0.2) is 37.5 Å². The van der Waals surface area contributed by atoms with E-state index in [0.29, 0.717) is 29.2 Å². The van der Waals surface area contributed by atoms with Crippen molar-refractivity contribution in [3.8, 4) is 11.5 Å². The third-order valence-corrected chi connectivity index (χ3v) is 4.72. The summed E-state index contributed by atoms with van der Waals surface area (Å²) in [4.78, 5) is 26.0. The topological polar surface area (TPSA) is 81.9 Å². The normalized spacial score (nSPS) is 16.4. The highest BCUT2D eigenvalue weighted by Crippen LogP contribution is 2.37. The monoisotopic (exact) mass is 354 g/mol. The minimum atomic E-state index is -0.506. The number of likely N-dealkylation sites (tertiary alicyclic amines) is 1. The Balaban J connectivity index is 1.85. The summed E-state index contributed by atoms with van der Waals surface area (Å²) in [7, 11) is 3.19. The Hall–Kier alpha value is -3.02. The molecule has 0 saturated carbocycles. The molecule has 1 unspecified atom stereocenters. The van der Waals surface area contributed by atoms with E-state index in [-0.39, 0.29) is 11.9 Å². The Bertz CT molecular complexity index is 817. The zero-order valence-electron chi connectivity index (χ0n) is 14.9. The molecule has 2 aromatic rings. The number of hydrogen-bond acceptors (Lipinski definition) is 4. The predicted molar refractivity (Wildman–Crippen MR) is 97.5 cm³/mol. The Morgan fingerprint density at radius 2 is 1.65 bits per heavy atom. The van der Waals surface area contributed by atoms with Gasteiger partial charge in [0.15, 0.2) is 11.5 Å². The number of methoxy groups -OCH3 is 2. The lowest BCUT2D eigenvalue weighted by Crippen LogP contribution is -2.30. The smallest absolute Gasteiger partial charge is 0.254 e. The molecule has 2 amide bonds. The van der Waals surface area contributed by atoms with E-state index < -0.39 is 5.91 Å². The van der Waals surface area contributed by atoms with Gasteiger partial charge in [-0.25, -0.2) is 0 Å². The Kier molecular flexibility index (Phi) is 5.11. The Morgan fingerprint density at radius 3 is 2.27 bits per heavy atom. The minimum absolute atomic E-state index is 0.0156. The van der Waals surface area contributed by atoms with Gasteiger partial charge in [0.1, 0.15) is 0 Å². The van der Waals surface area contributed by atoms with Crippen molar-refractivity contribution in [3.05, 3.63) is 59.2 Å². The molecule has 136 valence electrons. The van der Waals surface area contributed by atoms with Gasteiger partial charge in [0.25, 0.3) is 5.91 Å². The van der Waals surface area contributed by atoms with Gasteiger partial charge in [0.05, 0.1) is 20.3 Å². The SMILES string of the molecule is COc1ccc(C2CCCN2C(=O)c2ccc(C(N)=O)cc2)cc1OC. The average Bonchev–Trinajstić information content (AvgIpc) is 3.16. The molecule has 1 aliphatic heterocycles. The number of rotatable bonds is 5. The molecule has 1 aliphatic rings. The zero-order valence-corrected chi connectivity index (χ0v) is 14.9. The fourth-order valence-corrected chi connectivity index (χ4v) is 3.36. The second-order valence-corrected chi connectivity index (χ2v) is 6.21. The molecule has 1 heterocycles. The van der Waals surface area contributed by atoms with Gasteiger partial charge in [-0.3, -0.25) is 9.59 Å². The lowest BCUT2D eigenvalue weighted by atomic mass is 10.0. The summed E-state index contributed by atoms with van der Waals surface area (Å²) in [5, 5.41) is 0. The van der Waals surface area contributed by atoms with Crippen LogP contribution in [0.15, 0.2) is 42.5 Å². The second-order valence-electron chi connectivity index (χ2n) is 6.21. The maximum atomic E-state index is 12.9. The van der Waals surface area contributed by atoms with E-state index in [1.165, 1.54) is 0 Å². The first-order chi connectivity index (χ1) is 12.5. The summed E-state index contributed by atoms with van der Waals surface area (Å²) in [5.41, 5.74) is 7.20. The van der Waals surface area contributed by atoms with E-state index in [4.69, 9.17) is 15.2 Å². The molecular weight excluding hydrogens is 332 g/mol. The van der Waals surface area contributed by atoms with Crippen molar-refractivity contribution in [2.24, 2.45) is 5.73 Å². The first-order valence-corrected chi connectivity index (χ1v) is 8.48. The van der Waals surface area contributed by atoms with Crippen LogP contribution in [0.25, 0.3) is 0 Å². The maximum Gasteiger partial charge on any atom is 0.254 e. The van der Waals surface area contributed by atoms with Gasteiger partial charge in [-0.05, 0) is 54.8 Å². The highest BCUT2D eigenvalue weighted by Gasteiger charge is 2.31. The fraction of sp³-hybridized carbons (Fsp3) is 0.300. The summed E-state index contributed by atoms with van der Waals surface area (Å²) < 4.78 is 10.7. The quantitative estimate of drug-likeness (QED) is 0.895. The first kappa shape index (κ1) is 17.8. The lowest BCUT2D eigenvalue weighted by molar-refractivity contribution is 0.0735.